The predicted octanol–water partition coefficient (Wildman–Crippen LogP) is 3.36. The highest BCUT2D eigenvalue weighted by Crippen LogP contribution is 2.31. The number of fused-ring (bicyclic) bond motifs is 1. The van der Waals surface area contributed by atoms with Gasteiger partial charge in [-0.15, -0.1) is 0 Å². The minimum Gasteiger partial charge on any atom is -0.353 e. The van der Waals surface area contributed by atoms with E-state index in [2.05, 4.69) is 46.3 Å². The normalized spacial score (nSPS) is 19.5. The number of carbonyl (C=O) groups is 2. The van der Waals surface area contributed by atoms with Crippen LogP contribution in [0.15, 0.2) is 77.7 Å². The lowest BCUT2D eigenvalue weighted by molar-refractivity contribution is -0.132. The molecule has 9 heteroatoms. The molecule has 2 amide bonds. The fourth-order valence-corrected chi connectivity index (χ4v) is 7.11. The Morgan fingerprint density at radius 2 is 1.75 bits per heavy atom. The molecular formula is C31H36N4O4S. The number of carbonyl (C=O) groups excluding carboxylic acids is 2. The second-order valence-corrected chi connectivity index (χ2v) is 12.5. The van der Waals surface area contributed by atoms with E-state index in [1.807, 2.05) is 25.1 Å². The predicted molar refractivity (Wildman–Crippen MR) is 154 cm³/mol. The Balaban J connectivity index is 1.24. The first kappa shape index (κ1) is 28.0. The number of nitrogens with one attached hydrogen (secondary N) is 3. The highest BCUT2D eigenvalue weighted by molar-refractivity contribution is 7.89. The number of rotatable bonds is 9. The van der Waals surface area contributed by atoms with E-state index in [0.717, 1.165) is 43.5 Å². The number of sulfonamides is 1. The van der Waals surface area contributed by atoms with Gasteiger partial charge in [-0.25, -0.2) is 8.42 Å². The van der Waals surface area contributed by atoms with Crippen molar-refractivity contribution in [3.63, 3.8) is 0 Å². The average molecular weight is 561 g/mol. The molecule has 3 aromatic rings. The first-order chi connectivity index (χ1) is 19.3. The van der Waals surface area contributed by atoms with Gasteiger partial charge >= 0.3 is 0 Å². The lowest BCUT2D eigenvalue weighted by atomic mass is 9.86. The first-order valence-electron chi connectivity index (χ1n) is 13.8. The van der Waals surface area contributed by atoms with Gasteiger partial charge in [-0.2, -0.15) is 4.31 Å². The average Bonchev–Trinajstić information content (AvgIpc) is 2.95. The first-order valence-corrected chi connectivity index (χ1v) is 15.3. The highest BCUT2D eigenvalue weighted by Gasteiger charge is 2.40. The van der Waals surface area contributed by atoms with Crippen molar-refractivity contribution in [2.75, 3.05) is 13.1 Å². The Morgan fingerprint density at radius 1 is 1.00 bits per heavy atom. The van der Waals surface area contributed by atoms with Crippen LogP contribution in [-0.2, 0) is 39.1 Å². The zero-order valence-corrected chi connectivity index (χ0v) is 23.5. The van der Waals surface area contributed by atoms with Crippen molar-refractivity contribution in [2.45, 2.75) is 62.7 Å². The van der Waals surface area contributed by atoms with Gasteiger partial charge in [0.2, 0.25) is 21.8 Å². The second-order valence-electron chi connectivity index (χ2n) is 10.6. The molecule has 1 aliphatic carbocycles. The molecule has 1 heterocycles. The minimum absolute atomic E-state index is 0.118. The molecule has 1 fully saturated rings. The largest absolute Gasteiger partial charge is 0.353 e. The van der Waals surface area contributed by atoms with Crippen LogP contribution in [0, 0.1) is 6.92 Å². The van der Waals surface area contributed by atoms with E-state index in [0.29, 0.717) is 0 Å². The fraction of sp³-hybridized carbons (Fsp3) is 0.355. The van der Waals surface area contributed by atoms with Gasteiger partial charge in [-0.1, -0.05) is 66.2 Å². The molecule has 0 bridgehead atoms. The number of aryl methyl sites for hydroxylation is 2. The summed E-state index contributed by atoms with van der Waals surface area (Å²) in [6, 6.07) is 21.9. The summed E-state index contributed by atoms with van der Waals surface area (Å²) in [5.74, 6) is -0.786. The molecule has 5 rings (SSSR count). The van der Waals surface area contributed by atoms with Gasteiger partial charge in [-0.3, -0.25) is 9.59 Å². The van der Waals surface area contributed by atoms with E-state index in [4.69, 9.17) is 0 Å². The van der Waals surface area contributed by atoms with Crippen LogP contribution in [-0.4, -0.2) is 43.7 Å². The Bertz CT molecular complexity index is 1460. The van der Waals surface area contributed by atoms with Crippen LogP contribution in [0.3, 0.4) is 0 Å². The van der Waals surface area contributed by atoms with Crippen molar-refractivity contribution >= 4 is 21.8 Å². The van der Waals surface area contributed by atoms with Gasteiger partial charge in [0.15, 0.2) is 0 Å². The lowest BCUT2D eigenvalue weighted by Crippen LogP contribution is -2.58. The van der Waals surface area contributed by atoms with Crippen LogP contribution in [0.4, 0.5) is 0 Å². The fourth-order valence-electron chi connectivity index (χ4n) is 5.53. The third-order valence-electron chi connectivity index (χ3n) is 7.65. The van der Waals surface area contributed by atoms with Gasteiger partial charge in [-0.05, 0) is 60.6 Å². The number of amides is 2. The van der Waals surface area contributed by atoms with Crippen molar-refractivity contribution in [3.05, 3.63) is 101 Å². The summed E-state index contributed by atoms with van der Waals surface area (Å²) < 4.78 is 27.9. The zero-order chi connectivity index (χ0) is 28.1. The third-order valence-corrected chi connectivity index (χ3v) is 9.57. The molecule has 0 saturated carbocycles. The van der Waals surface area contributed by atoms with Crippen LogP contribution in [0.25, 0.3) is 0 Å². The minimum atomic E-state index is -3.93. The van der Waals surface area contributed by atoms with Crippen molar-refractivity contribution in [1.29, 1.82) is 0 Å². The molecule has 0 aromatic heterocycles. The summed E-state index contributed by atoms with van der Waals surface area (Å²) in [5.41, 5.74) is 5.67. The van der Waals surface area contributed by atoms with Gasteiger partial charge in [0.1, 0.15) is 6.04 Å². The summed E-state index contributed by atoms with van der Waals surface area (Å²) >= 11 is 0. The number of hydrogen-bond acceptors (Lipinski definition) is 5. The molecule has 3 N–H and O–H groups in total. The monoisotopic (exact) mass is 560 g/mol. The van der Waals surface area contributed by atoms with E-state index >= 15 is 0 Å². The molecule has 2 aliphatic rings. The van der Waals surface area contributed by atoms with Crippen molar-refractivity contribution < 1.29 is 18.0 Å². The number of nitrogens with zero attached hydrogens (tertiary/aromatic N) is 1. The second kappa shape index (κ2) is 12.3. The van der Waals surface area contributed by atoms with Crippen LogP contribution in [0.2, 0.25) is 0 Å². The highest BCUT2D eigenvalue weighted by atomic mass is 32.2. The van der Waals surface area contributed by atoms with Gasteiger partial charge in [0.25, 0.3) is 0 Å². The maximum Gasteiger partial charge on any atom is 0.243 e. The van der Waals surface area contributed by atoms with Crippen molar-refractivity contribution in [3.8, 4) is 0 Å². The Morgan fingerprint density at radius 3 is 2.52 bits per heavy atom. The maximum atomic E-state index is 13.4. The molecule has 0 radical (unpaired) electrons. The smallest absolute Gasteiger partial charge is 0.243 e. The quantitative estimate of drug-likeness (QED) is 0.372. The molecule has 0 spiro atoms. The molecule has 40 heavy (non-hydrogen) atoms. The lowest BCUT2D eigenvalue weighted by Gasteiger charge is -2.34. The Kier molecular flexibility index (Phi) is 8.63. The van der Waals surface area contributed by atoms with Crippen molar-refractivity contribution in [2.24, 2.45) is 0 Å². The van der Waals surface area contributed by atoms with Crippen LogP contribution < -0.4 is 16.0 Å². The molecule has 1 aliphatic heterocycles. The maximum absolute atomic E-state index is 13.4. The molecular weight excluding hydrogens is 524 g/mol. The van der Waals surface area contributed by atoms with Crippen LogP contribution in [0.5, 0.6) is 0 Å². The topological polar surface area (TPSA) is 108 Å². The van der Waals surface area contributed by atoms with E-state index in [-0.39, 0.29) is 36.4 Å². The summed E-state index contributed by atoms with van der Waals surface area (Å²) in [7, 11) is -3.93. The van der Waals surface area contributed by atoms with E-state index in [9.17, 15) is 18.0 Å². The Hall–Kier alpha value is -3.53. The van der Waals surface area contributed by atoms with Crippen LogP contribution in [0.1, 0.15) is 53.1 Å². The van der Waals surface area contributed by atoms with Crippen molar-refractivity contribution in [1.82, 2.24) is 20.3 Å². The van der Waals surface area contributed by atoms with Crippen LogP contribution >= 0.6 is 0 Å². The summed E-state index contributed by atoms with van der Waals surface area (Å²) in [5, 5.41) is 9.30. The molecule has 2 atom stereocenters. The van der Waals surface area contributed by atoms with Gasteiger partial charge in [0.05, 0.1) is 17.4 Å². The third kappa shape index (κ3) is 6.43. The van der Waals surface area contributed by atoms with Gasteiger partial charge in [0, 0.05) is 26.2 Å². The van der Waals surface area contributed by atoms with E-state index in [1.165, 1.54) is 21.0 Å². The zero-order valence-electron chi connectivity index (χ0n) is 22.7. The number of hydrogen-bond donors (Lipinski definition) is 3. The molecule has 8 nitrogen and oxygen atoms in total. The summed E-state index contributed by atoms with van der Waals surface area (Å²) in [6.07, 6.45) is 2.45. The Labute approximate surface area is 236 Å². The van der Waals surface area contributed by atoms with Gasteiger partial charge < -0.3 is 16.0 Å². The summed E-state index contributed by atoms with van der Waals surface area (Å²) in [6.45, 7) is 3.75. The van der Waals surface area contributed by atoms with E-state index < -0.39 is 22.0 Å². The molecule has 0 unspecified atom stereocenters. The standard InChI is InChI=1S/C31H36N4O4S/c1-22-10-13-26(14-11-22)40(38,39)35-17-16-33-31(37)29(35)19-30(36)34-28-9-5-8-25-18-24(12-15-27(25)28)21-32-20-23-6-3-2-4-7-23/h2-4,6-7,10-15,18,28-29,32H,5,8-9,16-17,19-21H2,1H3,(H,33,37)(H,34,36)/t28-,29-/m1/s1. The summed E-state index contributed by atoms with van der Waals surface area (Å²) in [4.78, 5) is 26.1. The number of benzene rings is 3. The molecule has 1 saturated heterocycles. The molecule has 210 valence electrons. The molecule has 3 aromatic carbocycles. The number of piperazine rings is 1. The van der Waals surface area contributed by atoms with E-state index in [1.54, 1.807) is 24.3 Å². The SMILES string of the molecule is Cc1ccc(S(=O)(=O)N2CCNC(=O)[C@H]2CC(=O)N[C@@H]2CCCc3cc(CNCc4ccccc4)ccc32)cc1.